The van der Waals surface area contributed by atoms with Crippen molar-refractivity contribution in [2.45, 2.75) is 26.3 Å². The zero-order valence-corrected chi connectivity index (χ0v) is 10.2. The normalized spacial score (nSPS) is 12.6. The minimum atomic E-state index is 0.0335. The first kappa shape index (κ1) is 11.8. The highest BCUT2D eigenvalue weighted by molar-refractivity contribution is 5.27. The Labute approximate surface area is 101 Å². The number of furan rings is 1. The summed E-state index contributed by atoms with van der Waals surface area (Å²) in [7, 11) is 0. The van der Waals surface area contributed by atoms with Gasteiger partial charge in [-0.1, -0.05) is 6.92 Å². The summed E-state index contributed by atoms with van der Waals surface area (Å²) < 4.78 is 5.56. The van der Waals surface area contributed by atoms with E-state index in [0.717, 1.165) is 29.9 Å². The lowest BCUT2D eigenvalue weighted by molar-refractivity contribution is 0.442. The third-order valence-corrected chi connectivity index (χ3v) is 2.68. The van der Waals surface area contributed by atoms with Gasteiger partial charge in [0.15, 0.2) is 0 Å². The van der Waals surface area contributed by atoms with E-state index in [2.05, 4.69) is 22.2 Å². The second kappa shape index (κ2) is 5.59. The Morgan fingerprint density at radius 1 is 1.35 bits per heavy atom. The van der Waals surface area contributed by atoms with E-state index in [1.54, 1.807) is 6.26 Å². The zero-order valence-electron chi connectivity index (χ0n) is 10.2. The standard InChI is InChI=1S/C13H17N3O/c1-3-5-16-12(11-7-14-9-15-8-11)13-10(2)4-6-17-13/h4,6-9,12,16H,3,5H2,1-2H3. The van der Waals surface area contributed by atoms with Gasteiger partial charge in [0.1, 0.15) is 12.1 Å². The van der Waals surface area contributed by atoms with Gasteiger partial charge in [-0.15, -0.1) is 0 Å². The van der Waals surface area contributed by atoms with Gasteiger partial charge in [-0.2, -0.15) is 0 Å². The molecule has 17 heavy (non-hydrogen) atoms. The smallest absolute Gasteiger partial charge is 0.128 e. The maximum atomic E-state index is 5.56. The van der Waals surface area contributed by atoms with Crippen molar-refractivity contribution in [2.24, 2.45) is 0 Å². The predicted molar refractivity (Wildman–Crippen MR) is 65.6 cm³/mol. The highest BCUT2D eigenvalue weighted by Gasteiger charge is 2.18. The molecule has 1 unspecified atom stereocenters. The molecule has 0 saturated carbocycles. The molecule has 1 N–H and O–H groups in total. The SMILES string of the molecule is CCCNC(c1cncnc1)c1occc1C. The molecule has 0 saturated heterocycles. The molecular formula is C13H17N3O. The van der Waals surface area contributed by atoms with Gasteiger partial charge in [0, 0.05) is 18.0 Å². The van der Waals surface area contributed by atoms with Crippen LogP contribution in [0.15, 0.2) is 35.5 Å². The molecule has 90 valence electrons. The fourth-order valence-corrected chi connectivity index (χ4v) is 1.79. The van der Waals surface area contributed by atoms with Crippen LogP contribution in [0.1, 0.15) is 36.3 Å². The minimum Gasteiger partial charge on any atom is -0.467 e. The molecule has 4 heteroatoms. The van der Waals surface area contributed by atoms with E-state index in [0.29, 0.717) is 0 Å². The summed E-state index contributed by atoms with van der Waals surface area (Å²) in [5, 5.41) is 3.46. The van der Waals surface area contributed by atoms with Crippen molar-refractivity contribution in [3.63, 3.8) is 0 Å². The molecule has 2 heterocycles. The van der Waals surface area contributed by atoms with E-state index >= 15 is 0 Å². The number of nitrogens with zero attached hydrogens (tertiary/aromatic N) is 2. The van der Waals surface area contributed by atoms with Crippen LogP contribution in [0.3, 0.4) is 0 Å². The molecule has 2 rings (SSSR count). The van der Waals surface area contributed by atoms with Crippen molar-refractivity contribution in [3.05, 3.63) is 47.9 Å². The first-order chi connectivity index (χ1) is 8.33. The summed E-state index contributed by atoms with van der Waals surface area (Å²) in [6, 6.07) is 2.01. The lowest BCUT2D eigenvalue weighted by Crippen LogP contribution is -2.23. The number of rotatable bonds is 5. The van der Waals surface area contributed by atoms with E-state index in [-0.39, 0.29) is 6.04 Å². The quantitative estimate of drug-likeness (QED) is 0.858. The molecule has 2 aromatic rings. The van der Waals surface area contributed by atoms with Crippen molar-refractivity contribution in [2.75, 3.05) is 6.54 Å². The largest absolute Gasteiger partial charge is 0.467 e. The third-order valence-electron chi connectivity index (χ3n) is 2.68. The van der Waals surface area contributed by atoms with Gasteiger partial charge in [0.05, 0.1) is 12.3 Å². The molecule has 4 nitrogen and oxygen atoms in total. The van der Waals surface area contributed by atoms with Gasteiger partial charge in [-0.3, -0.25) is 0 Å². The van der Waals surface area contributed by atoms with Crippen LogP contribution in [0, 0.1) is 6.92 Å². The Balaban J connectivity index is 2.29. The Bertz CT molecular complexity index is 453. The number of aromatic nitrogens is 2. The molecular weight excluding hydrogens is 214 g/mol. The van der Waals surface area contributed by atoms with Crippen LogP contribution in [0.25, 0.3) is 0 Å². The van der Waals surface area contributed by atoms with Crippen LogP contribution < -0.4 is 5.32 Å². The molecule has 2 aromatic heterocycles. The van der Waals surface area contributed by atoms with Gasteiger partial charge >= 0.3 is 0 Å². The summed E-state index contributed by atoms with van der Waals surface area (Å²) in [5.74, 6) is 0.938. The fraction of sp³-hybridized carbons (Fsp3) is 0.385. The number of aryl methyl sites for hydroxylation is 1. The van der Waals surface area contributed by atoms with Gasteiger partial charge < -0.3 is 9.73 Å². The monoisotopic (exact) mass is 231 g/mol. The van der Waals surface area contributed by atoms with E-state index in [1.807, 2.05) is 25.4 Å². The fourth-order valence-electron chi connectivity index (χ4n) is 1.79. The summed E-state index contributed by atoms with van der Waals surface area (Å²) in [5.41, 5.74) is 2.17. The topological polar surface area (TPSA) is 51.0 Å². The predicted octanol–water partition coefficient (Wildman–Crippen LogP) is 2.47. The second-order valence-electron chi connectivity index (χ2n) is 4.03. The molecule has 0 fully saturated rings. The van der Waals surface area contributed by atoms with Crippen molar-refractivity contribution in [1.29, 1.82) is 0 Å². The average Bonchev–Trinajstić information content (AvgIpc) is 2.78. The minimum absolute atomic E-state index is 0.0335. The van der Waals surface area contributed by atoms with Crippen molar-refractivity contribution in [1.82, 2.24) is 15.3 Å². The first-order valence-corrected chi connectivity index (χ1v) is 5.85. The summed E-state index contributed by atoms with van der Waals surface area (Å²) in [6.07, 6.45) is 7.97. The maximum absolute atomic E-state index is 5.56. The van der Waals surface area contributed by atoms with Crippen LogP contribution in [0.5, 0.6) is 0 Å². The van der Waals surface area contributed by atoms with Gasteiger partial charge in [-0.25, -0.2) is 9.97 Å². The summed E-state index contributed by atoms with van der Waals surface area (Å²) in [4.78, 5) is 8.12. The molecule has 0 spiro atoms. The van der Waals surface area contributed by atoms with E-state index in [9.17, 15) is 0 Å². The number of hydrogen-bond acceptors (Lipinski definition) is 4. The Hall–Kier alpha value is -1.68. The summed E-state index contributed by atoms with van der Waals surface area (Å²) >= 11 is 0. The average molecular weight is 231 g/mol. The third kappa shape index (κ3) is 2.71. The zero-order chi connectivity index (χ0) is 12.1. The van der Waals surface area contributed by atoms with Crippen LogP contribution in [0.2, 0.25) is 0 Å². The molecule has 1 atom stereocenters. The Morgan fingerprint density at radius 3 is 2.71 bits per heavy atom. The first-order valence-electron chi connectivity index (χ1n) is 5.85. The number of hydrogen-bond donors (Lipinski definition) is 1. The van der Waals surface area contributed by atoms with E-state index in [1.165, 1.54) is 6.33 Å². The summed E-state index contributed by atoms with van der Waals surface area (Å²) in [6.45, 7) is 5.11. The maximum Gasteiger partial charge on any atom is 0.128 e. The highest BCUT2D eigenvalue weighted by atomic mass is 16.3. The van der Waals surface area contributed by atoms with Crippen LogP contribution in [0.4, 0.5) is 0 Å². The van der Waals surface area contributed by atoms with Gasteiger partial charge in [0.2, 0.25) is 0 Å². The lowest BCUT2D eigenvalue weighted by atomic mass is 10.1. The molecule has 0 aliphatic rings. The molecule has 0 aliphatic heterocycles. The Morgan fingerprint density at radius 2 is 2.12 bits per heavy atom. The van der Waals surface area contributed by atoms with E-state index < -0.39 is 0 Å². The highest BCUT2D eigenvalue weighted by Crippen LogP contribution is 2.24. The molecule has 0 amide bonds. The van der Waals surface area contributed by atoms with Crippen molar-refractivity contribution < 1.29 is 4.42 Å². The van der Waals surface area contributed by atoms with Crippen LogP contribution in [-0.2, 0) is 0 Å². The van der Waals surface area contributed by atoms with Crippen molar-refractivity contribution >= 4 is 0 Å². The van der Waals surface area contributed by atoms with Crippen LogP contribution >= 0.6 is 0 Å². The molecule has 0 aromatic carbocycles. The van der Waals surface area contributed by atoms with Crippen LogP contribution in [-0.4, -0.2) is 16.5 Å². The lowest BCUT2D eigenvalue weighted by Gasteiger charge is -2.16. The Kier molecular flexibility index (Phi) is 3.88. The van der Waals surface area contributed by atoms with Gasteiger partial charge in [0.25, 0.3) is 0 Å². The van der Waals surface area contributed by atoms with Crippen molar-refractivity contribution in [3.8, 4) is 0 Å². The number of nitrogens with one attached hydrogen (secondary N) is 1. The van der Waals surface area contributed by atoms with E-state index in [4.69, 9.17) is 4.42 Å². The second-order valence-corrected chi connectivity index (χ2v) is 4.03. The molecule has 0 aliphatic carbocycles. The van der Waals surface area contributed by atoms with Gasteiger partial charge in [-0.05, 0) is 31.5 Å². The molecule has 0 radical (unpaired) electrons. The molecule has 0 bridgehead atoms.